The fourth-order valence-electron chi connectivity index (χ4n) is 3.78. The molecule has 0 saturated heterocycles. The third-order valence-electron chi connectivity index (χ3n) is 5.38. The normalized spacial score (nSPS) is 10.8. The van der Waals surface area contributed by atoms with Gasteiger partial charge >= 0.3 is 5.97 Å². The molecule has 0 bridgehead atoms. The zero-order chi connectivity index (χ0) is 25.1. The van der Waals surface area contributed by atoms with Crippen LogP contribution in [0, 0.1) is 10.1 Å². The lowest BCUT2D eigenvalue weighted by Crippen LogP contribution is -2.11. The number of para-hydroxylation sites is 1. The third-order valence-corrected chi connectivity index (χ3v) is 5.38. The van der Waals surface area contributed by atoms with Crippen LogP contribution in [0.2, 0.25) is 0 Å². The van der Waals surface area contributed by atoms with E-state index in [0.29, 0.717) is 28.2 Å². The molecule has 1 aromatic heterocycles. The highest BCUT2D eigenvalue weighted by molar-refractivity contribution is 5.95. The molecule has 0 radical (unpaired) electrons. The molecule has 5 rings (SSSR count). The van der Waals surface area contributed by atoms with Crippen LogP contribution < -0.4 is 10.1 Å². The molecule has 0 amide bonds. The van der Waals surface area contributed by atoms with Crippen LogP contribution in [-0.2, 0) is 4.74 Å². The zero-order valence-electron chi connectivity index (χ0n) is 19.2. The van der Waals surface area contributed by atoms with Gasteiger partial charge in [-0.15, -0.1) is 0 Å². The van der Waals surface area contributed by atoms with E-state index in [1.165, 1.54) is 12.1 Å². The minimum absolute atomic E-state index is 0.115. The summed E-state index contributed by atoms with van der Waals surface area (Å²) < 4.78 is 11.0. The van der Waals surface area contributed by atoms with Crippen molar-refractivity contribution in [3.63, 3.8) is 0 Å². The number of nitro benzene ring substituents is 1. The van der Waals surface area contributed by atoms with Crippen LogP contribution in [0.1, 0.15) is 17.5 Å². The number of non-ortho nitro benzene ring substituents is 1. The lowest BCUT2D eigenvalue weighted by molar-refractivity contribution is -0.384. The van der Waals surface area contributed by atoms with Gasteiger partial charge in [-0.25, -0.2) is 14.8 Å². The van der Waals surface area contributed by atoms with Crippen molar-refractivity contribution in [2.45, 2.75) is 6.92 Å². The molecule has 0 aliphatic rings. The van der Waals surface area contributed by atoms with Gasteiger partial charge in [-0.3, -0.25) is 10.1 Å². The number of carbonyl (C=O) groups is 1. The highest BCUT2D eigenvalue weighted by atomic mass is 16.6. The SMILES string of the molecule is CCOC(=O)c1nc(Nc2cc(Oc3ccc4ccccc4c3)cc([N+](=O)[O-])c2)c2ccccc2n1. The molecule has 0 unspecified atom stereocenters. The number of hydrogen-bond acceptors (Lipinski definition) is 8. The average Bonchev–Trinajstić information content (AvgIpc) is 2.88. The molecule has 1 N–H and O–H groups in total. The van der Waals surface area contributed by atoms with Gasteiger partial charge in [0, 0.05) is 17.5 Å². The number of ether oxygens (including phenoxy) is 2. The van der Waals surface area contributed by atoms with Gasteiger partial charge in [-0.2, -0.15) is 0 Å². The topological polar surface area (TPSA) is 116 Å². The standard InChI is InChI=1S/C27H20N4O5/c1-2-35-27(32)26-29-24-10-6-5-9-23(24)25(30-26)28-19-14-20(31(33)34)16-22(15-19)36-21-12-11-17-7-3-4-8-18(17)13-21/h3-16H,2H2,1H3,(H,28,29,30). The predicted octanol–water partition coefficient (Wildman–Crippen LogP) is 6.40. The van der Waals surface area contributed by atoms with E-state index >= 15 is 0 Å². The second-order valence-electron chi connectivity index (χ2n) is 7.84. The van der Waals surface area contributed by atoms with E-state index in [9.17, 15) is 14.9 Å². The summed E-state index contributed by atoms with van der Waals surface area (Å²) >= 11 is 0. The second kappa shape index (κ2) is 9.67. The minimum Gasteiger partial charge on any atom is -0.460 e. The van der Waals surface area contributed by atoms with Gasteiger partial charge in [-0.05, 0) is 42.0 Å². The molecule has 9 heteroatoms. The molecule has 0 fully saturated rings. The maximum Gasteiger partial charge on any atom is 0.376 e. The summed E-state index contributed by atoms with van der Waals surface area (Å²) in [6.07, 6.45) is 0. The first-order valence-corrected chi connectivity index (χ1v) is 11.2. The number of hydrogen-bond donors (Lipinski definition) is 1. The van der Waals surface area contributed by atoms with Gasteiger partial charge in [0.1, 0.15) is 17.3 Å². The van der Waals surface area contributed by atoms with Crippen molar-refractivity contribution in [2.75, 3.05) is 11.9 Å². The third kappa shape index (κ3) is 4.76. The fraction of sp³-hybridized carbons (Fsp3) is 0.0741. The molecule has 178 valence electrons. The first kappa shape index (κ1) is 22.7. The number of nitrogens with one attached hydrogen (secondary N) is 1. The second-order valence-corrected chi connectivity index (χ2v) is 7.84. The van der Waals surface area contributed by atoms with Crippen molar-refractivity contribution >= 4 is 44.8 Å². The highest BCUT2D eigenvalue weighted by Gasteiger charge is 2.17. The number of fused-ring (bicyclic) bond motifs is 2. The Morgan fingerprint density at radius 3 is 2.50 bits per heavy atom. The molecule has 5 aromatic rings. The summed E-state index contributed by atoms with van der Waals surface area (Å²) in [5.41, 5.74) is 0.717. The molecule has 4 aromatic carbocycles. The van der Waals surface area contributed by atoms with Crippen LogP contribution in [0.15, 0.2) is 84.9 Å². The van der Waals surface area contributed by atoms with Gasteiger partial charge in [0.15, 0.2) is 0 Å². The van der Waals surface area contributed by atoms with E-state index in [-0.39, 0.29) is 23.9 Å². The Labute approximate surface area is 205 Å². The molecule has 0 atom stereocenters. The van der Waals surface area contributed by atoms with E-state index in [4.69, 9.17) is 9.47 Å². The number of aromatic nitrogens is 2. The Bertz CT molecular complexity index is 1620. The van der Waals surface area contributed by atoms with E-state index in [1.54, 1.807) is 37.3 Å². The van der Waals surface area contributed by atoms with Crippen LogP contribution >= 0.6 is 0 Å². The Kier molecular flexibility index (Phi) is 6.10. The molecule has 0 aliphatic heterocycles. The summed E-state index contributed by atoms with van der Waals surface area (Å²) in [4.78, 5) is 32.1. The summed E-state index contributed by atoms with van der Waals surface area (Å²) in [5, 5.41) is 17.4. The van der Waals surface area contributed by atoms with Crippen LogP contribution in [0.5, 0.6) is 11.5 Å². The molecule has 0 aliphatic carbocycles. The number of nitro groups is 1. The first-order valence-electron chi connectivity index (χ1n) is 11.2. The Hall–Kier alpha value is -5.05. The lowest BCUT2D eigenvalue weighted by atomic mass is 10.1. The van der Waals surface area contributed by atoms with Crippen molar-refractivity contribution in [1.29, 1.82) is 0 Å². The van der Waals surface area contributed by atoms with Crippen LogP contribution in [-0.4, -0.2) is 27.5 Å². The number of anilines is 2. The molecule has 36 heavy (non-hydrogen) atoms. The molecule has 9 nitrogen and oxygen atoms in total. The number of carbonyl (C=O) groups excluding carboxylic acids is 1. The molecule has 0 saturated carbocycles. The molecule has 0 spiro atoms. The Morgan fingerprint density at radius 2 is 1.69 bits per heavy atom. The summed E-state index contributed by atoms with van der Waals surface area (Å²) in [6, 6.07) is 24.9. The Balaban J connectivity index is 1.53. The van der Waals surface area contributed by atoms with Crippen LogP contribution in [0.3, 0.4) is 0 Å². The van der Waals surface area contributed by atoms with Crippen LogP contribution in [0.4, 0.5) is 17.2 Å². The van der Waals surface area contributed by atoms with Gasteiger partial charge in [0.25, 0.3) is 5.69 Å². The van der Waals surface area contributed by atoms with Crippen molar-refractivity contribution in [3.8, 4) is 11.5 Å². The molecular formula is C27H20N4O5. The fourth-order valence-corrected chi connectivity index (χ4v) is 3.78. The number of nitrogens with zero attached hydrogens (tertiary/aromatic N) is 3. The van der Waals surface area contributed by atoms with Crippen LogP contribution in [0.25, 0.3) is 21.7 Å². The van der Waals surface area contributed by atoms with Gasteiger partial charge in [-0.1, -0.05) is 42.5 Å². The highest BCUT2D eigenvalue weighted by Crippen LogP contribution is 2.33. The van der Waals surface area contributed by atoms with Gasteiger partial charge in [0.2, 0.25) is 5.82 Å². The first-order chi connectivity index (χ1) is 17.5. The van der Waals surface area contributed by atoms with Crippen molar-refractivity contribution in [1.82, 2.24) is 9.97 Å². The van der Waals surface area contributed by atoms with Crippen molar-refractivity contribution in [3.05, 3.63) is 101 Å². The monoisotopic (exact) mass is 480 g/mol. The lowest BCUT2D eigenvalue weighted by Gasteiger charge is -2.12. The summed E-state index contributed by atoms with van der Waals surface area (Å²) in [6.45, 7) is 1.87. The molecule has 1 heterocycles. The van der Waals surface area contributed by atoms with Gasteiger partial charge in [0.05, 0.1) is 28.8 Å². The van der Waals surface area contributed by atoms with E-state index in [2.05, 4.69) is 15.3 Å². The quantitative estimate of drug-likeness (QED) is 0.161. The summed E-state index contributed by atoms with van der Waals surface area (Å²) in [5.74, 6) is 0.339. The maximum atomic E-state index is 12.3. The largest absolute Gasteiger partial charge is 0.460 e. The van der Waals surface area contributed by atoms with E-state index in [0.717, 1.165) is 10.8 Å². The van der Waals surface area contributed by atoms with Gasteiger partial charge < -0.3 is 14.8 Å². The Morgan fingerprint density at radius 1 is 0.917 bits per heavy atom. The predicted molar refractivity (Wildman–Crippen MR) is 136 cm³/mol. The number of rotatable bonds is 7. The zero-order valence-corrected chi connectivity index (χ0v) is 19.2. The number of esters is 1. The minimum atomic E-state index is -0.661. The molecular weight excluding hydrogens is 460 g/mol. The average molecular weight is 480 g/mol. The summed E-state index contributed by atoms with van der Waals surface area (Å²) in [7, 11) is 0. The number of benzene rings is 4. The maximum absolute atomic E-state index is 12.3. The van der Waals surface area contributed by atoms with Crippen molar-refractivity contribution < 1.29 is 19.2 Å². The van der Waals surface area contributed by atoms with E-state index < -0.39 is 10.9 Å². The smallest absolute Gasteiger partial charge is 0.376 e. The van der Waals surface area contributed by atoms with E-state index in [1.807, 2.05) is 42.5 Å². The van der Waals surface area contributed by atoms with Crippen molar-refractivity contribution in [2.24, 2.45) is 0 Å².